The minimum absolute atomic E-state index is 0.139. The first-order valence-electron chi connectivity index (χ1n) is 13.0. The van der Waals surface area contributed by atoms with E-state index in [4.69, 9.17) is 45.6 Å². The third kappa shape index (κ3) is 9.72. The average Bonchev–Trinajstić information content (AvgIpc) is 2.95. The number of nitrogens with zero attached hydrogens (tertiary/aromatic N) is 1. The van der Waals surface area contributed by atoms with E-state index in [1.54, 1.807) is 32.0 Å². The monoisotopic (exact) mass is 602 g/mol. The summed E-state index contributed by atoms with van der Waals surface area (Å²) in [5.74, 6) is -5.49. The summed E-state index contributed by atoms with van der Waals surface area (Å²) in [7, 11) is 3.34. The molecule has 0 saturated heterocycles. The maximum absolute atomic E-state index is 13.2. The number of likely N-dealkylation sites (N-methyl/N-ethyl adjacent to an activating group) is 1. The van der Waals surface area contributed by atoms with Crippen molar-refractivity contribution in [2.75, 3.05) is 40.5 Å². The molecule has 3 rings (SSSR count). The molecule has 12 heteroatoms. The number of ether oxygens (including phenoxy) is 3. The fourth-order valence-corrected chi connectivity index (χ4v) is 4.47. The second-order valence-corrected chi connectivity index (χ2v) is 9.52. The van der Waals surface area contributed by atoms with Gasteiger partial charge < -0.3 is 29.7 Å². The van der Waals surface area contributed by atoms with Crippen molar-refractivity contribution < 1.29 is 43.6 Å². The van der Waals surface area contributed by atoms with E-state index >= 15 is 0 Å². The molecule has 0 amide bonds. The van der Waals surface area contributed by atoms with Gasteiger partial charge in [-0.05, 0) is 38.1 Å². The molecule has 1 heterocycles. The number of halogens is 1. The fourth-order valence-electron chi connectivity index (χ4n) is 4.23. The molecule has 42 heavy (non-hydrogen) atoms. The lowest BCUT2D eigenvalue weighted by molar-refractivity contribution is -0.159. The van der Waals surface area contributed by atoms with Gasteiger partial charge in [-0.15, -0.1) is 0 Å². The van der Waals surface area contributed by atoms with Crippen molar-refractivity contribution in [1.29, 1.82) is 0 Å². The van der Waals surface area contributed by atoms with Gasteiger partial charge in [-0.3, -0.25) is 4.90 Å². The summed E-state index contributed by atoms with van der Waals surface area (Å²) in [6.07, 6.45) is 0. The average molecular weight is 603 g/mol. The highest BCUT2D eigenvalue weighted by Crippen LogP contribution is 2.41. The van der Waals surface area contributed by atoms with Crippen LogP contribution in [0.25, 0.3) is 0 Å². The summed E-state index contributed by atoms with van der Waals surface area (Å²) in [4.78, 5) is 46.4. The van der Waals surface area contributed by atoms with Gasteiger partial charge in [0.05, 0.1) is 49.7 Å². The van der Waals surface area contributed by atoms with E-state index in [9.17, 15) is 9.59 Å². The first-order valence-corrected chi connectivity index (χ1v) is 13.4. The molecule has 0 saturated carbocycles. The van der Waals surface area contributed by atoms with E-state index in [2.05, 4.69) is 22.3 Å². The number of aliphatic carboxylic acids is 2. The Bertz CT molecular complexity index is 1310. The Morgan fingerprint density at radius 1 is 0.952 bits per heavy atom. The van der Waals surface area contributed by atoms with Crippen LogP contribution in [0.2, 0.25) is 5.02 Å². The van der Waals surface area contributed by atoms with Crippen molar-refractivity contribution in [3.63, 3.8) is 0 Å². The minimum atomic E-state index is -1.82. The van der Waals surface area contributed by atoms with E-state index in [1.165, 1.54) is 12.7 Å². The zero-order valence-electron chi connectivity index (χ0n) is 23.9. The van der Waals surface area contributed by atoms with Gasteiger partial charge in [-0.2, -0.15) is 0 Å². The number of nitrogens with one attached hydrogen (secondary N) is 1. The van der Waals surface area contributed by atoms with Gasteiger partial charge in [0.25, 0.3) is 0 Å². The van der Waals surface area contributed by atoms with E-state index in [0.29, 0.717) is 40.7 Å². The lowest BCUT2D eigenvalue weighted by Crippen LogP contribution is -2.35. The molecule has 0 aliphatic carbocycles. The maximum atomic E-state index is 13.2. The minimum Gasteiger partial charge on any atom is -0.473 e. The summed E-state index contributed by atoms with van der Waals surface area (Å²) in [5.41, 5.74) is 3.53. The number of dihydropyridines is 1. The quantitative estimate of drug-likeness (QED) is 0.196. The van der Waals surface area contributed by atoms with Gasteiger partial charge in [0.2, 0.25) is 0 Å². The third-order valence-electron chi connectivity index (χ3n) is 6.10. The molecule has 0 spiro atoms. The molecule has 1 aliphatic heterocycles. The van der Waals surface area contributed by atoms with Crippen LogP contribution >= 0.6 is 11.6 Å². The van der Waals surface area contributed by atoms with Crippen LogP contribution in [0.5, 0.6) is 0 Å². The number of allylic oxidation sites excluding steroid dienone is 1. The number of rotatable bonds is 11. The van der Waals surface area contributed by atoms with Crippen molar-refractivity contribution in [1.82, 2.24) is 10.2 Å². The van der Waals surface area contributed by atoms with Gasteiger partial charge >= 0.3 is 23.9 Å². The Morgan fingerprint density at radius 2 is 1.57 bits per heavy atom. The normalized spacial score (nSPS) is 14.5. The van der Waals surface area contributed by atoms with Crippen LogP contribution in [0.4, 0.5) is 0 Å². The topological polar surface area (TPSA) is 152 Å². The second kappa shape index (κ2) is 16.9. The Balaban J connectivity index is 0.000000928. The SMILES string of the molecule is CCOC(=O)C1=C(COCCN(C)Cc2ccccc2)NC(C)=C(C(=O)OC)C1c1ccccc1Cl.O=C(O)C(=O)O. The van der Waals surface area contributed by atoms with Crippen molar-refractivity contribution in [2.45, 2.75) is 26.3 Å². The third-order valence-corrected chi connectivity index (χ3v) is 6.45. The zero-order valence-corrected chi connectivity index (χ0v) is 24.6. The molecule has 1 aliphatic rings. The summed E-state index contributed by atoms with van der Waals surface area (Å²) in [5, 5.41) is 18.4. The number of hydrogen-bond donors (Lipinski definition) is 3. The predicted octanol–water partition coefficient (Wildman–Crippen LogP) is 3.60. The van der Waals surface area contributed by atoms with Crippen LogP contribution in [0.3, 0.4) is 0 Å². The highest BCUT2D eigenvalue weighted by Gasteiger charge is 2.39. The van der Waals surface area contributed by atoms with Crippen LogP contribution < -0.4 is 5.32 Å². The maximum Gasteiger partial charge on any atom is 0.414 e. The van der Waals surface area contributed by atoms with Crippen LogP contribution in [0, 0.1) is 0 Å². The first kappa shape index (κ1) is 34.0. The molecule has 0 aromatic heterocycles. The summed E-state index contributed by atoms with van der Waals surface area (Å²) in [6.45, 7) is 5.79. The fraction of sp³-hybridized carbons (Fsp3) is 0.333. The molecule has 0 fully saturated rings. The first-order chi connectivity index (χ1) is 20.0. The van der Waals surface area contributed by atoms with Gasteiger partial charge in [0.1, 0.15) is 0 Å². The lowest BCUT2D eigenvalue weighted by Gasteiger charge is -2.31. The lowest BCUT2D eigenvalue weighted by atomic mass is 9.80. The largest absolute Gasteiger partial charge is 0.473 e. The standard InChI is InChI=1S/C28H33ClN2O5.C2H2O4/c1-5-36-28(33)26-23(18-35-16-15-31(3)17-20-11-7-6-8-12-20)30-19(2)24(27(32)34-4)25(26)21-13-9-10-14-22(21)29;3-1(4)2(5)6/h6-14,25,30H,5,15-18H2,1-4H3;(H,3,4)(H,5,6). The van der Waals surface area contributed by atoms with Gasteiger partial charge in [0, 0.05) is 23.8 Å². The number of methoxy groups -OCH3 is 1. The number of esters is 2. The molecular formula is C30H35ClN2O9. The molecule has 2 aromatic rings. The van der Waals surface area contributed by atoms with Crippen molar-refractivity contribution in [3.8, 4) is 0 Å². The molecule has 0 radical (unpaired) electrons. The molecule has 0 bridgehead atoms. The van der Waals surface area contributed by atoms with Crippen molar-refractivity contribution in [2.24, 2.45) is 0 Å². The number of benzene rings is 2. The molecule has 11 nitrogen and oxygen atoms in total. The highest BCUT2D eigenvalue weighted by molar-refractivity contribution is 6.31. The van der Waals surface area contributed by atoms with Gasteiger partial charge in [-0.25, -0.2) is 19.2 Å². The number of carbonyl (C=O) groups is 4. The van der Waals surface area contributed by atoms with Crippen LogP contribution in [-0.2, 0) is 39.9 Å². The number of carboxylic acids is 2. The highest BCUT2D eigenvalue weighted by atomic mass is 35.5. The Labute approximate surface area is 249 Å². The van der Waals surface area contributed by atoms with Gasteiger partial charge in [0.15, 0.2) is 0 Å². The van der Waals surface area contributed by atoms with Crippen LogP contribution in [0.1, 0.15) is 30.9 Å². The van der Waals surface area contributed by atoms with Gasteiger partial charge in [-0.1, -0.05) is 60.1 Å². The van der Waals surface area contributed by atoms with Crippen molar-refractivity contribution in [3.05, 3.63) is 93.3 Å². The summed E-state index contributed by atoms with van der Waals surface area (Å²) in [6, 6.07) is 17.3. The molecule has 3 N–H and O–H groups in total. The van der Waals surface area contributed by atoms with Crippen LogP contribution in [-0.4, -0.2) is 79.5 Å². The van der Waals surface area contributed by atoms with E-state index in [0.717, 1.165) is 6.54 Å². The molecule has 2 aromatic carbocycles. The van der Waals surface area contributed by atoms with E-state index < -0.39 is 29.8 Å². The van der Waals surface area contributed by atoms with Crippen molar-refractivity contribution >= 4 is 35.5 Å². The van der Waals surface area contributed by atoms with E-state index in [-0.39, 0.29) is 18.8 Å². The molecule has 1 unspecified atom stereocenters. The second-order valence-electron chi connectivity index (χ2n) is 9.11. The zero-order chi connectivity index (χ0) is 31.2. The predicted molar refractivity (Wildman–Crippen MR) is 155 cm³/mol. The number of carbonyl (C=O) groups excluding carboxylic acids is 2. The molecular weight excluding hydrogens is 568 g/mol. The summed E-state index contributed by atoms with van der Waals surface area (Å²) < 4.78 is 16.4. The Hall–Kier alpha value is -4.19. The Kier molecular flexibility index (Phi) is 13.7. The smallest absolute Gasteiger partial charge is 0.414 e. The number of hydrogen-bond acceptors (Lipinski definition) is 9. The van der Waals surface area contributed by atoms with Crippen LogP contribution in [0.15, 0.2) is 77.1 Å². The summed E-state index contributed by atoms with van der Waals surface area (Å²) >= 11 is 6.53. The molecule has 1 atom stereocenters. The van der Waals surface area contributed by atoms with E-state index in [1.807, 2.05) is 31.3 Å². The Morgan fingerprint density at radius 3 is 2.14 bits per heavy atom. The molecule has 226 valence electrons. The number of carboxylic acid groups (broad SMARTS) is 2.